The van der Waals surface area contributed by atoms with Crippen molar-refractivity contribution in [2.45, 2.75) is 32.1 Å². The predicted molar refractivity (Wildman–Crippen MR) is 76.3 cm³/mol. The summed E-state index contributed by atoms with van der Waals surface area (Å²) in [6.45, 7) is 2.24. The minimum Gasteiger partial charge on any atom is -0.481 e. The van der Waals surface area contributed by atoms with Crippen molar-refractivity contribution in [2.75, 3.05) is 6.54 Å². The second kappa shape index (κ2) is 6.55. The maximum atomic E-state index is 12.1. The van der Waals surface area contributed by atoms with Crippen molar-refractivity contribution < 1.29 is 14.7 Å². The molecule has 1 saturated carbocycles. The third-order valence-corrected chi connectivity index (χ3v) is 4.18. The van der Waals surface area contributed by atoms with E-state index in [1.54, 1.807) is 12.1 Å². The SMILES string of the molecule is CC1CCCC1C(=O)NCC(C(=O)O)c1ccccc1. The quantitative estimate of drug-likeness (QED) is 0.867. The van der Waals surface area contributed by atoms with E-state index in [0.717, 1.165) is 24.8 Å². The summed E-state index contributed by atoms with van der Waals surface area (Å²) in [6, 6.07) is 9.03. The average molecular weight is 275 g/mol. The standard InChI is InChI=1S/C16H21NO3/c1-11-6-5-9-13(11)15(18)17-10-14(16(19)20)12-7-3-2-4-8-12/h2-4,7-8,11,13-14H,5-6,9-10H2,1H3,(H,17,18)(H,19,20). The Balaban J connectivity index is 1.96. The summed E-state index contributed by atoms with van der Waals surface area (Å²) < 4.78 is 0. The van der Waals surface area contributed by atoms with Gasteiger partial charge in [0.1, 0.15) is 0 Å². The summed E-state index contributed by atoms with van der Waals surface area (Å²) in [5.74, 6) is -1.15. The molecule has 1 aliphatic carbocycles. The molecular weight excluding hydrogens is 254 g/mol. The molecule has 1 aromatic rings. The topological polar surface area (TPSA) is 66.4 Å². The van der Waals surface area contributed by atoms with E-state index in [4.69, 9.17) is 0 Å². The van der Waals surface area contributed by atoms with Crippen LogP contribution in [0.25, 0.3) is 0 Å². The molecule has 2 rings (SSSR count). The van der Waals surface area contributed by atoms with Gasteiger partial charge in [0, 0.05) is 12.5 Å². The molecule has 1 amide bonds. The lowest BCUT2D eigenvalue weighted by molar-refractivity contribution is -0.138. The lowest BCUT2D eigenvalue weighted by Crippen LogP contribution is -2.36. The first kappa shape index (κ1) is 14.6. The van der Waals surface area contributed by atoms with E-state index in [1.807, 2.05) is 18.2 Å². The molecule has 0 heterocycles. The molecule has 4 heteroatoms. The zero-order valence-electron chi connectivity index (χ0n) is 11.7. The molecule has 0 radical (unpaired) electrons. The van der Waals surface area contributed by atoms with Crippen LogP contribution in [0.1, 0.15) is 37.7 Å². The van der Waals surface area contributed by atoms with Gasteiger partial charge in [-0.1, -0.05) is 43.7 Å². The molecular formula is C16H21NO3. The molecule has 0 bridgehead atoms. The van der Waals surface area contributed by atoms with Gasteiger partial charge in [-0.15, -0.1) is 0 Å². The lowest BCUT2D eigenvalue weighted by Gasteiger charge is -2.18. The second-order valence-electron chi connectivity index (χ2n) is 5.56. The minimum atomic E-state index is -0.907. The van der Waals surface area contributed by atoms with Gasteiger partial charge in [-0.25, -0.2) is 0 Å². The summed E-state index contributed by atoms with van der Waals surface area (Å²) in [7, 11) is 0. The minimum absolute atomic E-state index is 0.00261. The number of aliphatic carboxylic acids is 1. The number of amides is 1. The number of carbonyl (C=O) groups excluding carboxylic acids is 1. The van der Waals surface area contributed by atoms with Crippen molar-refractivity contribution in [3.05, 3.63) is 35.9 Å². The Morgan fingerprint density at radius 3 is 2.55 bits per heavy atom. The van der Waals surface area contributed by atoms with E-state index < -0.39 is 11.9 Å². The number of benzene rings is 1. The molecule has 1 fully saturated rings. The molecule has 3 atom stereocenters. The highest BCUT2D eigenvalue weighted by atomic mass is 16.4. The van der Waals surface area contributed by atoms with Crippen molar-refractivity contribution in [1.29, 1.82) is 0 Å². The summed E-state index contributed by atoms with van der Waals surface area (Å²) in [5.41, 5.74) is 0.722. The number of carbonyl (C=O) groups is 2. The Morgan fingerprint density at radius 1 is 1.30 bits per heavy atom. The van der Waals surface area contributed by atoms with Gasteiger partial charge in [0.25, 0.3) is 0 Å². The van der Waals surface area contributed by atoms with Gasteiger partial charge in [-0.2, -0.15) is 0 Å². The van der Waals surface area contributed by atoms with Crippen molar-refractivity contribution in [2.24, 2.45) is 11.8 Å². The van der Waals surface area contributed by atoms with Crippen LogP contribution in [0.4, 0.5) is 0 Å². The zero-order valence-corrected chi connectivity index (χ0v) is 11.7. The largest absolute Gasteiger partial charge is 0.481 e. The van der Waals surface area contributed by atoms with Gasteiger partial charge >= 0.3 is 5.97 Å². The number of rotatable bonds is 5. The monoisotopic (exact) mass is 275 g/mol. The maximum Gasteiger partial charge on any atom is 0.312 e. The molecule has 0 saturated heterocycles. The Hall–Kier alpha value is -1.84. The fourth-order valence-electron chi connectivity index (χ4n) is 2.90. The molecule has 0 aliphatic heterocycles. The van der Waals surface area contributed by atoms with Crippen molar-refractivity contribution >= 4 is 11.9 Å². The van der Waals surface area contributed by atoms with Crippen LogP contribution in [0.15, 0.2) is 30.3 Å². The van der Waals surface area contributed by atoms with Crippen molar-refractivity contribution in [3.63, 3.8) is 0 Å². The molecule has 108 valence electrons. The molecule has 1 aromatic carbocycles. The molecule has 4 nitrogen and oxygen atoms in total. The molecule has 0 spiro atoms. The Bertz CT molecular complexity index is 472. The van der Waals surface area contributed by atoms with E-state index in [9.17, 15) is 14.7 Å². The molecule has 20 heavy (non-hydrogen) atoms. The zero-order chi connectivity index (χ0) is 14.5. The van der Waals surface area contributed by atoms with Crippen LogP contribution < -0.4 is 5.32 Å². The van der Waals surface area contributed by atoms with Gasteiger partial charge in [0.15, 0.2) is 0 Å². The van der Waals surface area contributed by atoms with E-state index >= 15 is 0 Å². The van der Waals surface area contributed by atoms with Crippen LogP contribution in [0, 0.1) is 11.8 Å². The Kier molecular flexibility index (Phi) is 4.77. The first-order valence-corrected chi connectivity index (χ1v) is 7.15. The number of hydrogen-bond acceptors (Lipinski definition) is 2. The van der Waals surface area contributed by atoms with Gasteiger partial charge < -0.3 is 10.4 Å². The Labute approximate surface area is 119 Å². The first-order chi connectivity index (χ1) is 9.59. The van der Waals surface area contributed by atoms with E-state index in [1.165, 1.54) is 0 Å². The lowest BCUT2D eigenvalue weighted by atomic mass is 9.96. The number of hydrogen-bond donors (Lipinski definition) is 2. The van der Waals surface area contributed by atoms with Crippen LogP contribution in [-0.4, -0.2) is 23.5 Å². The summed E-state index contributed by atoms with van der Waals surface area (Å²) in [5, 5.41) is 12.1. The number of nitrogens with one attached hydrogen (secondary N) is 1. The highest BCUT2D eigenvalue weighted by molar-refractivity contribution is 5.81. The molecule has 3 unspecified atom stereocenters. The smallest absolute Gasteiger partial charge is 0.312 e. The van der Waals surface area contributed by atoms with Crippen LogP contribution in [0.2, 0.25) is 0 Å². The number of carboxylic acid groups (broad SMARTS) is 1. The molecule has 2 N–H and O–H groups in total. The Morgan fingerprint density at radius 2 is 2.00 bits per heavy atom. The first-order valence-electron chi connectivity index (χ1n) is 7.15. The summed E-state index contributed by atoms with van der Waals surface area (Å²) >= 11 is 0. The third-order valence-electron chi connectivity index (χ3n) is 4.18. The van der Waals surface area contributed by atoms with Crippen LogP contribution >= 0.6 is 0 Å². The van der Waals surface area contributed by atoms with E-state index in [-0.39, 0.29) is 18.4 Å². The van der Waals surface area contributed by atoms with Gasteiger partial charge in [0.2, 0.25) is 5.91 Å². The average Bonchev–Trinajstić information content (AvgIpc) is 2.86. The van der Waals surface area contributed by atoms with Crippen molar-refractivity contribution in [1.82, 2.24) is 5.32 Å². The highest BCUT2D eigenvalue weighted by Crippen LogP contribution is 2.31. The maximum absolute atomic E-state index is 12.1. The fraction of sp³-hybridized carbons (Fsp3) is 0.500. The van der Waals surface area contributed by atoms with Gasteiger partial charge in [-0.3, -0.25) is 9.59 Å². The molecule has 0 aromatic heterocycles. The normalized spacial score (nSPS) is 23.2. The van der Waals surface area contributed by atoms with Crippen LogP contribution in [-0.2, 0) is 9.59 Å². The summed E-state index contributed by atoms with van der Waals surface area (Å²) in [6.07, 6.45) is 3.08. The predicted octanol–water partition coefficient (Wildman–Crippen LogP) is 2.41. The van der Waals surface area contributed by atoms with E-state index in [0.29, 0.717) is 5.92 Å². The van der Waals surface area contributed by atoms with E-state index in [2.05, 4.69) is 12.2 Å². The van der Waals surface area contributed by atoms with Gasteiger partial charge in [0.05, 0.1) is 5.92 Å². The third kappa shape index (κ3) is 3.38. The second-order valence-corrected chi connectivity index (χ2v) is 5.56. The van der Waals surface area contributed by atoms with Crippen LogP contribution in [0.5, 0.6) is 0 Å². The summed E-state index contributed by atoms with van der Waals surface area (Å²) in [4.78, 5) is 23.5. The fourth-order valence-corrected chi connectivity index (χ4v) is 2.90. The van der Waals surface area contributed by atoms with Gasteiger partial charge in [-0.05, 0) is 24.3 Å². The van der Waals surface area contributed by atoms with Crippen LogP contribution in [0.3, 0.4) is 0 Å². The van der Waals surface area contributed by atoms with Crippen molar-refractivity contribution in [3.8, 4) is 0 Å². The highest BCUT2D eigenvalue weighted by Gasteiger charge is 2.30. The molecule has 1 aliphatic rings. The number of carboxylic acids is 1.